The number of ether oxygens (including phenoxy) is 2. The highest BCUT2D eigenvalue weighted by Crippen LogP contribution is 2.26. The second-order valence-electron chi connectivity index (χ2n) is 5.02. The second kappa shape index (κ2) is 5.75. The summed E-state index contributed by atoms with van der Waals surface area (Å²) in [6.45, 7) is 0.638. The van der Waals surface area contributed by atoms with E-state index < -0.39 is 6.10 Å². The number of fused-ring (bicyclic) bond motifs is 1. The summed E-state index contributed by atoms with van der Waals surface area (Å²) in [5, 5.41) is 12.5. The third-order valence-electron chi connectivity index (χ3n) is 3.58. The van der Waals surface area contributed by atoms with Crippen molar-refractivity contribution in [2.45, 2.75) is 24.4 Å². The van der Waals surface area contributed by atoms with Crippen molar-refractivity contribution in [1.82, 2.24) is 5.32 Å². The average Bonchev–Trinajstić information content (AvgIpc) is 3.02. The molecule has 0 radical (unpaired) electrons. The molecule has 1 aromatic carbocycles. The summed E-state index contributed by atoms with van der Waals surface area (Å²) in [4.78, 5) is 11.9. The van der Waals surface area contributed by atoms with Crippen LogP contribution in [0.25, 0.3) is 6.08 Å². The Balaban J connectivity index is 1.56. The highest BCUT2D eigenvalue weighted by Gasteiger charge is 2.47. The molecule has 5 nitrogen and oxygen atoms in total. The van der Waals surface area contributed by atoms with Gasteiger partial charge in [0, 0.05) is 6.08 Å². The number of aliphatic hydroxyl groups excluding tert-OH is 1. The van der Waals surface area contributed by atoms with Crippen LogP contribution < -0.4 is 5.32 Å². The molecule has 1 amide bonds. The lowest BCUT2D eigenvalue weighted by molar-refractivity contribution is -0.117. The maximum atomic E-state index is 11.9. The van der Waals surface area contributed by atoms with Crippen LogP contribution in [0.1, 0.15) is 5.56 Å². The molecule has 2 fully saturated rings. The minimum Gasteiger partial charge on any atom is -0.388 e. The van der Waals surface area contributed by atoms with E-state index in [1.54, 1.807) is 6.08 Å². The fourth-order valence-corrected chi connectivity index (χ4v) is 2.57. The summed E-state index contributed by atoms with van der Waals surface area (Å²) in [7, 11) is 0. The Hall–Kier alpha value is -1.69. The van der Waals surface area contributed by atoms with Crippen molar-refractivity contribution in [2.75, 3.05) is 13.2 Å². The first kappa shape index (κ1) is 13.3. The maximum absolute atomic E-state index is 11.9. The molecule has 106 valence electrons. The zero-order valence-corrected chi connectivity index (χ0v) is 10.9. The number of carbonyl (C=O) groups excluding carboxylic acids is 1. The monoisotopic (exact) mass is 275 g/mol. The van der Waals surface area contributed by atoms with Gasteiger partial charge in [-0.1, -0.05) is 30.3 Å². The van der Waals surface area contributed by atoms with Gasteiger partial charge in [-0.15, -0.1) is 0 Å². The third kappa shape index (κ3) is 2.75. The Morgan fingerprint density at radius 1 is 1.20 bits per heavy atom. The average molecular weight is 275 g/mol. The number of amides is 1. The molecule has 0 unspecified atom stereocenters. The number of benzene rings is 1. The van der Waals surface area contributed by atoms with Crippen LogP contribution in [0.5, 0.6) is 0 Å². The van der Waals surface area contributed by atoms with Crippen molar-refractivity contribution in [3.8, 4) is 0 Å². The predicted octanol–water partition coefficient (Wildman–Crippen LogP) is 0.343. The van der Waals surface area contributed by atoms with Crippen LogP contribution in [-0.4, -0.2) is 48.6 Å². The van der Waals surface area contributed by atoms with Gasteiger partial charge in [-0.25, -0.2) is 0 Å². The molecule has 4 atom stereocenters. The molecule has 0 aliphatic carbocycles. The molecular weight excluding hydrogens is 258 g/mol. The van der Waals surface area contributed by atoms with Crippen molar-refractivity contribution in [3.63, 3.8) is 0 Å². The lowest BCUT2D eigenvalue weighted by atomic mass is 10.1. The molecule has 0 bridgehead atoms. The lowest BCUT2D eigenvalue weighted by Crippen LogP contribution is -2.43. The minimum absolute atomic E-state index is 0.187. The van der Waals surface area contributed by atoms with Gasteiger partial charge in [-0.2, -0.15) is 0 Å². The number of rotatable bonds is 3. The van der Waals surface area contributed by atoms with E-state index >= 15 is 0 Å². The van der Waals surface area contributed by atoms with E-state index in [9.17, 15) is 9.90 Å². The Morgan fingerprint density at radius 3 is 2.75 bits per heavy atom. The Morgan fingerprint density at radius 2 is 1.95 bits per heavy atom. The molecule has 3 rings (SSSR count). The molecule has 1 aromatic rings. The molecule has 20 heavy (non-hydrogen) atoms. The van der Waals surface area contributed by atoms with Gasteiger partial charge in [0.2, 0.25) is 5.91 Å². The Kier molecular flexibility index (Phi) is 3.82. The first-order chi connectivity index (χ1) is 9.74. The zero-order valence-electron chi connectivity index (χ0n) is 10.9. The first-order valence-electron chi connectivity index (χ1n) is 6.69. The minimum atomic E-state index is -0.596. The van der Waals surface area contributed by atoms with Crippen LogP contribution in [0.3, 0.4) is 0 Å². The topological polar surface area (TPSA) is 67.8 Å². The summed E-state index contributed by atoms with van der Waals surface area (Å²) in [5.41, 5.74) is 0.968. The maximum Gasteiger partial charge on any atom is 0.244 e. The second-order valence-corrected chi connectivity index (χ2v) is 5.02. The highest BCUT2D eigenvalue weighted by molar-refractivity contribution is 5.92. The molecular formula is C15H17NO4. The van der Waals surface area contributed by atoms with Gasteiger partial charge >= 0.3 is 0 Å². The lowest BCUT2D eigenvalue weighted by Gasteiger charge is -2.16. The van der Waals surface area contributed by atoms with Gasteiger partial charge in [0.1, 0.15) is 18.3 Å². The van der Waals surface area contributed by atoms with Crippen LogP contribution in [0.2, 0.25) is 0 Å². The van der Waals surface area contributed by atoms with E-state index in [4.69, 9.17) is 9.47 Å². The number of aliphatic hydroxyl groups is 1. The normalized spacial score (nSPS) is 32.5. The third-order valence-corrected chi connectivity index (χ3v) is 3.58. The van der Waals surface area contributed by atoms with E-state index in [-0.39, 0.29) is 30.8 Å². The van der Waals surface area contributed by atoms with Gasteiger partial charge in [-0.3, -0.25) is 4.79 Å². The highest BCUT2D eigenvalue weighted by atomic mass is 16.6. The molecule has 2 aliphatic heterocycles. The molecule has 0 saturated carbocycles. The Labute approximate surface area is 117 Å². The van der Waals surface area contributed by atoms with E-state index in [2.05, 4.69) is 5.32 Å². The van der Waals surface area contributed by atoms with Gasteiger partial charge in [0.05, 0.1) is 19.3 Å². The SMILES string of the molecule is O=C(/C=C/c1ccccc1)N[C@H]1CO[C@H]2[C@@H]1OC[C@H]2O. The number of nitrogens with one attached hydrogen (secondary N) is 1. The van der Waals surface area contributed by atoms with Crippen LogP contribution in [0.15, 0.2) is 36.4 Å². The summed E-state index contributed by atoms with van der Waals surface area (Å²) in [6, 6.07) is 9.41. The predicted molar refractivity (Wildman–Crippen MR) is 72.9 cm³/mol. The summed E-state index contributed by atoms with van der Waals surface area (Å²) in [6.07, 6.45) is 2.08. The van der Waals surface area contributed by atoms with E-state index in [0.29, 0.717) is 6.61 Å². The molecule has 5 heteroatoms. The van der Waals surface area contributed by atoms with Crippen molar-refractivity contribution in [1.29, 1.82) is 0 Å². The first-order valence-corrected chi connectivity index (χ1v) is 6.69. The number of hydrogen-bond donors (Lipinski definition) is 2. The van der Waals surface area contributed by atoms with Crippen molar-refractivity contribution in [3.05, 3.63) is 42.0 Å². The fourth-order valence-electron chi connectivity index (χ4n) is 2.57. The molecule has 2 N–H and O–H groups in total. The largest absolute Gasteiger partial charge is 0.388 e. The van der Waals surface area contributed by atoms with Gasteiger partial charge in [0.25, 0.3) is 0 Å². The van der Waals surface area contributed by atoms with Crippen LogP contribution in [0, 0.1) is 0 Å². The number of hydrogen-bond acceptors (Lipinski definition) is 4. The van der Waals surface area contributed by atoms with Crippen molar-refractivity contribution in [2.24, 2.45) is 0 Å². The van der Waals surface area contributed by atoms with Gasteiger partial charge in [0.15, 0.2) is 0 Å². The molecule has 0 aromatic heterocycles. The molecule has 2 aliphatic rings. The molecule has 2 saturated heterocycles. The fraction of sp³-hybridized carbons (Fsp3) is 0.400. The Bertz CT molecular complexity index is 502. The number of carbonyl (C=O) groups is 1. The summed E-state index contributed by atoms with van der Waals surface area (Å²) in [5.74, 6) is -0.187. The standard InChI is InChI=1S/C15H17NO4/c17-12-9-20-14-11(8-19-15(12)14)16-13(18)7-6-10-4-2-1-3-5-10/h1-7,11-12,14-15,17H,8-9H2,(H,16,18)/b7-6+/t11-,12+,14+,15+/m0/s1. The van der Waals surface area contributed by atoms with E-state index in [0.717, 1.165) is 5.56 Å². The summed E-state index contributed by atoms with van der Waals surface area (Å²) < 4.78 is 10.9. The quantitative estimate of drug-likeness (QED) is 0.781. The smallest absolute Gasteiger partial charge is 0.244 e. The van der Waals surface area contributed by atoms with Gasteiger partial charge in [-0.05, 0) is 11.6 Å². The van der Waals surface area contributed by atoms with Crippen molar-refractivity contribution < 1.29 is 19.4 Å². The van der Waals surface area contributed by atoms with Crippen LogP contribution >= 0.6 is 0 Å². The molecule has 0 spiro atoms. The molecule has 2 heterocycles. The van der Waals surface area contributed by atoms with E-state index in [1.165, 1.54) is 6.08 Å². The van der Waals surface area contributed by atoms with Crippen LogP contribution in [0.4, 0.5) is 0 Å². The van der Waals surface area contributed by atoms with Gasteiger partial charge < -0.3 is 19.9 Å². The summed E-state index contributed by atoms with van der Waals surface area (Å²) >= 11 is 0. The van der Waals surface area contributed by atoms with E-state index in [1.807, 2.05) is 30.3 Å². The van der Waals surface area contributed by atoms with Crippen LogP contribution in [-0.2, 0) is 14.3 Å². The zero-order chi connectivity index (χ0) is 13.9. The van der Waals surface area contributed by atoms with Crippen molar-refractivity contribution >= 4 is 12.0 Å².